The maximum Gasteiger partial charge on any atom is 0.325 e. The van der Waals surface area contributed by atoms with Gasteiger partial charge in [-0.15, -0.1) is 0 Å². The summed E-state index contributed by atoms with van der Waals surface area (Å²) in [6.45, 7) is 11.9. The lowest BCUT2D eigenvalue weighted by Crippen LogP contribution is -2.43. The largest absolute Gasteiger partial charge is 0.465 e. The van der Waals surface area contributed by atoms with Crippen LogP contribution < -0.4 is 21.3 Å². The second-order valence-corrected chi connectivity index (χ2v) is 19.3. The number of fused-ring (bicyclic) bond motifs is 2. The molecule has 70 heavy (non-hydrogen) atoms. The van der Waals surface area contributed by atoms with Crippen LogP contribution in [-0.4, -0.2) is 100 Å². The zero-order valence-electron chi connectivity index (χ0n) is 40.2. The van der Waals surface area contributed by atoms with Gasteiger partial charge in [0.1, 0.15) is 34.2 Å². The number of nitrogens with zero attached hydrogens (tertiary/aromatic N) is 3. The molecule has 1 aliphatic heterocycles. The van der Waals surface area contributed by atoms with Crippen molar-refractivity contribution < 1.29 is 59.0 Å². The van der Waals surface area contributed by atoms with Crippen LogP contribution in [0.2, 0.25) is 0 Å². The minimum atomic E-state index is -4.97. The Hall–Kier alpha value is -7.33. The molecule has 4 amide bonds. The van der Waals surface area contributed by atoms with Gasteiger partial charge in [-0.05, 0) is 119 Å². The standard InChI is InChI=1S/C49H54N6O13S2/c1-11-66-40(56)24-55(25-41(57)67-12-2)49(59)53-46-29(6)45(30(7)47(31(46)8)70(63,64)65)51-33-18-20-35-38(23-33)68-37-22-32(17-19-34(37)42(35)36-15-13-14-16-39(36)69(60,61)62)50-43-26(3)21-27(4)44(28(43)5)52-48(58)54(9)10/h13-23,50H,11-12,24-25H2,1-10H3,(H,52,58)(H,53,59)(H,60,61,62)(H,63,64,65). The Morgan fingerprint density at radius 1 is 0.671 bits per heavy atom. The number of carbonyl (C=O) groups is 4. The Bertz CT molecular complexity index is 3350. The number of nitrogens with one attached hydrogen (secondary N) is 3. The van der Waals surface area contributed by atoms with Crippen molar-refractivity contribution in [1.29, 1.82) is 0 Å². The van der Waals surface area contributed by atoms with Crippen LogP contribution >= 0.6 is 0 Å². The molecule has 4 aromatic carbocycles. The Morgan fingerprint density at radius 3 is 1.89 bits per heavy atom. The van der Waals surface area contributed by atoms with E-state index in [-0.39, 0.29) is 74.5 Å². The first-order valence-corrected chi connectivity index (χ1v) is 24.7. The van der Waals surface area contributed by atoms with E-state index in [1.165, 1.54) is 36.9 Å². The van der Waals surface area contributed by atoms with Gasteiger partial charge in [0, 0.05) is 59.7 Å². The van der Waals surface area contributed by atoms with E-state index >= 15 is 0 Å². The van der Waals surface area contributed by atoms with Crippen molar-refractivity contribution in [3.05, 3.63) is 105 Å². The van der Waals surface area contributed by atoms with Gasteiger partial charge in [-0.25, -0.2) is 14.6 Å². The molecule has 5 N–H and O–H groups in total. The van der Waals surface area contributed by atoms with E-state index in [1.54, 1.807) is 77.3 Å². The Morgan fingerprint density at radius 2 is 1.29 bits per heavy atom. The van der Waals surface area contributed by atoms with E-state index in [4.69, 9.17) is 18.9 Å². The van der Waals surface area contributed by atoms with Crippen LogP contribution in [0.1, 0.15) is 47.2 Å². The van der Waals surface area contributed by atoms with Gasteiger partial charge in [0.25, 0.3) is 20.2 Å². The van der Waals surface area contributed by atoms with Crippen LogP contribution in [0.3, 0.4) is 0 Å². The molecule has 6 rings (SSSR count). The summed E-state index contributed by atoms with van der Waals surface area (Å²) in [6, 6.07) is 16.5. The summed E-state index contributed by atoms with van der Waals surface area (Å²) in [5, 5.41) is 9.67. The third-order valence-corrected chi connectivity index (χ3v) is 13.5. The molecule has 0 bridgehead atoms. The molecule has 0 saturated heterocycles. The SMILES string of the molecule is CCOC(=O)CN(CC(=O)OCC)C(=O)Nc1c(C)c(N=c2ccc3c(-c4ccccc4S(=O)(=O)O)c4ccc(Nc5c(C)cc(C)c(NC(=O)N(C)C)c5C)cc4oc-3c2)c(C)c(S(=O)(=O)O)c1C. The fourth-order valence-electron chi connectivity index (χ4n) is 8.31. The van der Waals surface area contributed by atoms with E-state index in [9.17, 15) is 45.1 Å². The number of benzene rings is 5. The summed E-state index contributed by atoms with van der Waals surface area (Å²) in [5.41, 5.74) is 5.76. The highest BCUT2D eigenvalue weighted by Crippen LogP contribution is 2.44. The molecule has 370 valence electrons. The molecule has 4 aromatic rings. The number of urea groups is 2. The molecule has 1 aliphatic carbocycles. The van der Waals surface area contributed by atoms with Crippen molar-refractivity contribution in [3.8, 4) is 22.5 Å². The molecule has 0 aromatic heterocycles. The van der Waals surface area contributed by atoms with Gasteiger partial charge in [0.2, 0.25) is 0 Å². The van der Waals surface area contributed by atoms with E-state index in [1.807, 2.05) is 26.8 Å². The minimum absolute atomic E-state index is 0.00303. The molecule has 0 unspecified atom stereocenters. The number of hydrogen-bond acceptors (Lipinski definition) is 13. The molecule has 0 saturated carbocycles. The lowest BCUT2D eigenvalue weighted by atomic mass is 9.93. The summed E-state index contributed by atoms with van der Waals surface area (Å²) in [6.07, 6.45) is 0. The van der Waals surface area contributed by atoms with Gasteiger partial charge in [-0.3, -0.25) is 18.7 Å². The number of ether oxygens (including phenoxy) is 2. The van der Waals surface area contributed by atoms with Gasteiger partial charge in [-0.1, -0.05) is 24.3 Å². The summed E-state index contributed by atoms with van der Waals surface area (Å²) < 4.78 is 89.2. The van der Waals surface area contributed by atoms with Crippen molar-refractivity contribution in [1.82, 2.24) is 9.80 Å². The molecule has 0 spiro atoms. The maximum absolute atomic E-state index is 13.8. The molecule has 1 heterocycles. The summed E-state index contributed by atoms with van der Waals surface area (Å²) in [5.74, 6) is -1.46. The molecular weight excluding hydrogens is 945 g/mol. The van der Waals surface area contributed by atoms with Gasteiger partial charge >= 0.3 is 24.0 Å². The van der Waals surface area contributed by atoms with Crippen LogP contribution in [0.25, 0.3) is 33.4 Å². The fraction of sp³-hybridized carbons (Fsp3) is 0.286. The minimum Gasteiger partial charge on any atom is -0.465 e. The molecule has 2 aliphatic rings. The Kier molecular flexibility index (Phi) is 15.4. The Labute approximate surface area is 405 Å². The summed E-state index contributed by atoms with van der Waals surface area (Å²) in [7, 11) is -6.45. The molecule has 19 nitrogen and oxygen atoms in total. The molecule has 0 atom stereocenters. The van der Waals surface area contributed by atoms with Gasteiger partial charge < -0.3 is 39.6 Å². The van der Waals surface area contributed by atoms with E-state index < -0.39 is 56.2 Å². The average Bonchev–Trinajstić information content (AvgIpc) is 3.27. The monoisotopic (exact) mass is 998 g/mol. The van der Waals surface area contributed by atoms with Crippen molar-refractivity contribution >= 4 is 83.6 Å². The number of hydrogen-bond donors (Lipinski definition) is 5. The first-order valence-electron chi connectivity index (χ1n) is 21.8. The van der Waals surface area contributed by atoms with Crippen LogP contribution in [0.4, 0.5) is 38.0 Å². The zero-order valence-corrected chi connectivity index (χ0v) is 41.9. The van der Waals surface area contributed by atoms with Crippen LogP contribution in [0, 0.1) is 41.5 Å². The predicted molar refractivity (Wildman–Crippen MR) is 264 cm³/mol. The van der Waals surface area contributed by atoms with Gasteiger partial charge in [-0.2, -0.15) is 16.8 Å². The highest BCUT2D eigenvalue weighted by atomic mass is 32.2. The van der Waals surface area contributed by atoms with Crippen molar-refractivity contribution in [2.45, 2.75) is 65.2 Å². The third-order valence-electron chi connectivity index (χ3n) is 11.4. The summed E-state index contributed by atoms with van der Waals surface area (Å²) >= 11 is 0. The van der Waals surface area contributed by atoms with Gasteiger partial charge in [0.15, 0.2) is 0 Å². The number of amides is 4. The second kappa shape index (κ2) is 20.7. The number of anilines is 4. The zero-order chi connectivity index (χ0) is 51.6. The predicted octanol–water partition coefficient (Wildman–Crippen LogP) is 8.58. The van der Waals surface area contributed by atoms with E-state index in [0.717, 1.165) is 21.6 Å². The normalized spacial score (nSPS) is 11.9. The topological polar surface area (TPSA) is 264 Å². The van der Waals surface area contributed by atoms with Crippen LogP contribution in [0.15, 0.2) is 85.9 Å². The molecule has 0 radical (unpaired) electrons. The van der Waals surface area contributed by atoms with Crippen molar-refractivity contribution in [2.24, 2.45) is 4.99 Å². The van der Waals surface area contributed by atoms with E-state index in [2.05, 4.69) is 16.0 Å². The number of aryl methyl sites for hydroxylation is 2. The Balaban J connectivity index is 1.57. The highest BCUT2D eigenvalue weighted by molar-refractivity contribution is 7.86. The van der Waals surface area contributed by atoms with Crippen molar-refractivity contribution in [3.63, 3.8) is 0 Å². The average molecular weight is 999 g/mol. The number of esters is 2. The second-order valence-electron chi connectivity index (χ2n) is 16.6. The third kappa shape index (κ3) is 11.1. The fourth-order valence-corrected chi connectivity index (χ4v) is 9.98. The highest BCUT2D eigenvalue weighted by Gasteiger charge is 2.29. The van der Waals surface area contributed by atoms with E-state index in [0.29, 0.717) is 33.6 Å². The lowest BCUT2D eigenvalue weighted by molar-refractivity contribution is -0.146. The first-order chi connectivity index (χ1) is 32.9. The smallest absolute Gasteiger partial charge is 0.325 e. The van der Waals surface area contributed by atoms with Crippen LogP contribution in [0.5, 0.6) is 0 Å². The molecule has 21 heteroatoms. The first kappa shape index (κ1) is 52.0. The number of carbonyl (C=O) groups excluding carboxylic acids is 4. The maximum atomic E-state index is 13.8. The molecule has 0 fully saturated rings. The van der Waals surface area contributed by atoms with Crippen molar-refractivity contribution in [2.75, 3.05) is 56.3 Å². The van der Waals surface area contributed by atoms with Gasteiger partial charge in [0.05, 0.1) is 35.6 Å². The lowest BCUT2D eigenvalue weighted by Gasteiger charge is -2.24. The van der Waals surface area contributed by atoms with Crippen LogP contribution in [-0.2, 0) is 39.3 Å². The summed E-state index contributed by atoms with van der Waals surface area (Å²) in [4.78, 5) is 57.7. The number of rotatable bonds is 14. The molecular formula is C49H54N6O13S2. The quantitative estimate of drug-likeness (QED) is 0.0389.